The molecule has 0 spiro atoms. The first-order valence-corrected chi connectivity index (χ1v) is 13.8. The fourth-order valence-corrected chi connectivity index (χ4v) is 4.85. The molecule has 0 saturated heterocycles. The van der Waals surface area contributed by atoms with Crippen molar-refractivity contribution in [2.75, 3.05) is 13.2 Å². The maximum atomic E-state index is 14.9. The van der Waals surface area contributed by atoms with Crippen LogP contribution in [-0.2, 0) is 4.74 Å². The molecule has 0 aliphatic heterocycles. The third-order valence-electron chi connectivity index (χ3n) is 7.07. The minimum Gasteiger partial charge on any atom is -0.494 e. The summed E-state index contributed by atoms with van der Waals surface area (Å²) in [4.78, 5) is 12.7. The molecule has 0 N–H and O–H groups in total. The number of rotatable bonds is 11. The lowest BCUT2D eigenvalue weighted by atomic mass is 9.82. The first-order valence-electron chi connectivity index (χ1n) is 13.8. The van der Waals surface area contributed by atoms with E-state index >= 15 is 0 Å². The fourth-order valence-electron chi connectivity index (χ4n) is 4.85. The highest BCUT2D eigenvalue weighted by Crippen LogP contribution is 2.37. The monoisotopic (exact) mass is 540 g/mol. The molecule has 1 fully saturated rings. The molecule has 4 rings (SSSR count). The van der Waals surface area contributed by atoms with Gasteiger partial charge in [0.25, 0.3) is 0 Å². The Bertz CT molecular complexity index is 1250. The number of hydrogen-bond donors (Lipinski definition) is 0. The summed E-state index contributed by atoms with van der Waals surface area (Å²) >= 11 is 0. The average molecular weight is 541 g/mol. The van der Waals surface area contributed by atoms with Gasteiger partial charge in [-0.2, -0.15) is 0 Å². The number of benzene rings is 3. The molecule has 0 radical (unpaired) electrons. The summed E-state index contributed by atoms with van der Waals surface area (Å²) in [6.07, 6.45) is 4.62. The highest BCUT2D eigenvalue weighted by atomic mass is 19.2. The molecule has 0 amide bonds. The first-order chi connectivity index (χ1) is 18.9. The summed E-state index contributed by atoms with van der Waals surface area (Å²) in [5.74, 6) is -2.38. The Labute approximate surface area is 228 Å². The van der Waals surface area contributed by atoms with E-state index in [2.05, 4.69) is 6.92 Å². The fraction of sp³-hybridized carbons (Fsp3) is 0.406. The summed E-state index contributed by atoms with van der Waals surface area (Å²) in [6.45, 7) is 5.19. The minimum atomic E-state index is -1.24. The van der Waals surface area contributed by atoms with Gasteiger partial charge in [-0.1, -0.05) is 44.5 Å². The Balaban J connectivity index is 1.34. The third-order valence-corrected chi connectivity index (χ3v) is 7.07. The molecule has 0 heterocycles. The smallest absolute Gasteiger partial charge is 0.341 e. The van der Waals surface area contributed by atoms with Gasteiger partial charge in [-0.3, -0.25) is 0 Å². The molecule has 4 nitrogen and oxygen atoms in total. The van der Waals surface area contributed by atoms with E-state index in [1.165, 1.54) is 18.2 Å². The Morgan fingerprint density at radius 3 is 2.15 bits per heavy atom. The van der Waals surface area contributed by atoms with Crippen LogP contribution in [0, 0.1) is 17.5 Å². The van der Waals surface area contributed by atoms with Crippen LogP contribution in [0.1, 0.15) is 80.6 Å². The summed E-state index contributed by atoms with van der Waals surface area (Å²) in [6, 6.07) is 14.3. The van der Waals surface area contributed by atoms with Crippen LogP contribution in [0.4, 0.5) is 13.2 Å². The first kappa shape index (κ1) is 28.5. The van der Waals surface area contributed by atoms with Crippen molar-refractivity contribution in [3.8, 4) is 22.6 Å². The summed E-state index contributed by atoms with van der Waals surface area (Å²) in [7, 11) is 0. The molecule has 1 saturated carbocycles. The molecule has 1 aliphatic rings. The number of halogens is 3. The van der Waals surface area contributed by atoms with Gasteiger partial charge >= 0.3 is 5.97 Å². The van der Waals surface area contributed by atoms with Crippen LogP contribution in [-0.4, -0.2) is 25.3 Å². The van der Waals surface area contributed by atoms with E-state index in [-0.39, 0.29) is 17.3 Å². The Morgan fingerprint density at radius 1 is 0.795 bits per heavy atom. The number of unbranched alkanes of at least 4 members (excludes halogenated alkanes) is 1. The number of ether oxygens (including phenoxy) is 3. The molecule has 0 unspecified atom stereocenters. The molecule has 208 valence electrons. The zero-order valence-corrected chi connectivity index (χ0v) is 22.5. The van der Waals surface area contributed by atoms with Crippen molar-refractivity contribution in [3.05, 3.63) is 83.2 Å². The van der Waals surface area contributed by atoms with E-state index in [4.69, 9.17) is 14.2 Å². The Kier molecular flexibility index (Phi) is 9.90. The van der Waals surface area contributed by atoms with Crippen LogP contribution >= 0.6 is 0 Å². The van der Waals surface area contributed by atoms with Gasteiger partial charge in [0, 0.05) is 11.6 Å². The molecule has 39 heavy (non-hydrogen) atoms. The second-order valence-corrected chi connectivity index (χ2v) is 9.93. The maximum absolute atomic E-state index is 14.9. The van der Waals surface area contributed by atoms with Gasteiger partial charge in [-0.05, 0) is 79.8 Å². The highest BCUT2D eigenvalue weighted by Gasteiger charge is 2.29. The third kappa shape index (κ3) is 7.14. The maximum Gasteiger partial charge on any atom is 0.341 e. The number of esters is 1. The summed E-state index contributed by atoms with van der Waals surface area (Å²) in [5, 5.41) is 0. The van der Waals surface area contributed by atoms with Gasteiger partial charge in [0.05, 0.1) is 18.8 Å². The van der Waals surface area contributed by atoms with E-state index in [9.17, 15) is 18.0 Å². The largest absolute Gasteiger partial charge is 0.494 e. The lowest BCUT2D eigenvalue weighted by molar-refractivity contribution is 0.0188. The van der Waals surface area contributed by atoms with E-state index in [0.717, 1.165) is 19.3 Å². The van der Waals surface area contributed by atoms with Crippen molar-refractivity contribution < 1.29 is 32.2 Å². The van der Waals surface area contributed by atoms with Gasteiger partial charge in [-0.15, -0.1) is 0 Å². The predicted octanol–water partition coefficient (Wildman–Crippen LogP) is 8.62. The number of carbonyl (C=O) groups is 1. The SMILES string of the molecule is CCCCOc1ccc(C2CCC(OC(=O)c3ccc(-c4ccc(OCCC)cc4)c(F)c3F)CC2)c(F)c1. The highest BCUT2D eigenvalue weighted by molar-refractivity contribution is 5.90. The summed E-state index contributed by atoms with van der Waals surface area (Å²) < 4.78 is 61.2. The number of carbonyl (C=O) groups excluding carboxylic acids is 1. The molecule has 7 heteroatoms. The predicted molar refractivity (Wildman–Crippen MR) is 145 cm³/mol. The van der Waals surface area contributed by atoms with Crippen molar-refractivity contribution >= 4 is 5.97 Å². The van der Waals surface area contributed by atoms with Gasteiger partial charge in [0.2, 0.25) is 0 Å². The molecular weight excluding hydrogens is 505 g/mol. The Hall–Kier alpha value is -3.48. The van der Waals surface area contributed by atoms with Gasteiger partial charge in [-0.25, -0.2) is 18.0 Å². The van der Waals surface area contributed by atoms with Crippen LogP contribution in [0.25, 0.3) is 11.1 Å². The number of hydrogen-bond acceptors (Lipinski definition) is 4. The van der Waals surface area contributed by atoms with E-state index in [1.807, 2.05) is 6.92 Å². The van der Waals surface area contributed by atoms with E-state index in [1.54, 1.807) is 36.4 Å². The van der Waals surface area contributed by atoms with Crippen molar-refractivity contribution in [2.24, 2.45) is 0 Å². The molecular formula is C32H35F3O4. The average Bonchev–Trinajstić information content (AvgIpc) is 2.94. The molecule has 3 aromatic carbocycles. The van der Waals surface area contributed by atoms with Crippen molar-refractivity contribution in [3.63, 3.8) is 0 Å². The molecule has 1 aliphatic carbocycles. The second kappa shape index (κ2) is 13.5. The van der Waals surface area contributed by atoms with Crippen molar-refractivity contribution in [1.82, 2.24) is 0 Å². The van der Waals surface area contributed by atoms with Crippen molar-refractivity contribution in [2.45, 2.75) is 70.8 Å². The zero-order chi connectivity index (χ0) is 27.8. The topological polar surface area (TPSA) is 44.8 Å². The minimum absolute atomic E-state index is 0.00290. The second-order valence-electron chi connectivity index (χ2n) is 9.93. The molecule has 0 bridgehead atoms. The van der Waals surface area contributed by atoms with Crippen molar-refractivity contribution in [1.29, 1.82) is 0 Å². The van der Waals surface area contributed by atoms with Gasteiger partial charge in [0.1, 0.15) is 23.4 Å². The normalized spacial score (nSPS) is 17.1. The standard InChI is InChI=1S/C32H35F3O4/c1-3-5-19-38-25-14-15-26(29(33)20-25)21-8-12-24(13-9-21)39-32(36)28-17-16-27(30(34)31(28)35)22-6-10-23(11-7-22)37-18-4-2/h6-7,10-11,14-17,20-21,24H,3-5,8-9,12-13,18-19H2,1-2H3. The van der Waals surface area contributed by atoms with Crippen LogP contribution in [0.3, 0.4) is 0 Å². The lowest BCUT2D eigenvalue weighted by Gasteiger charge is -2.29. The summed E-state index contributed by atoms with van der Waals surface area (Å²) in [5.41, 5.74) is 0.707. The van der Waals surface area contributed by atoms with E-state index in [0.29, 0.717) is 61.5 Å². The van der Waals surface area contributed by atoms with Crippen LogP contribution in [0.15, 0.2) is 54.6 Å². The zero-order valence-electron chi connectivity index (χ0n) is 22.5. The lowest BCUT2D eigenvalue weighted by Crippen LogP contribution is -2.25. The molecule has 3 aromatic rings. The van der Waals surface area contributed by atoms with Gasteiger partial charge in [0.15, 0.2) is 11.6 Å². The van der Waals surface area contributed by atoms with E-state index < -0.39 is 29.3 Å². The molecule has 0 aromatic heterocycles. The Morgan fingerprint density at radius 2 is 1.49 bits per heavy atom. The molecule has 0 atom stereocenters. The van der Waals surface area contributed by atoms with Crippen LogP contribution in [0.2, 0.25) is 0 Å². The van der Waals surface area contributed by atoms with Gasteiger partial charge < -0.3 is 14.2 Å². The van der Waals surface area contributed by atoms with Crippen LogP contribution < -0.4 is 9.47 Å². The quantitative estimate of drug-likeness (QED) is 0.180. The van der Waals surface area contributed by atoms with Crippen LogP contribution in [0.5, 0.6) is 11.5 Å².